The Morgan fingerprint density at radius 3 is 2.57 bits per heavy atom. The number of aromatic carboxylic acids is 1. The fourth-order valence-corrected chi connectivity index (χ4v) is 4.34. The molecule has 6 heteroatoms. The van der Waals surface area contributed by atoms with Gasteiger partial charge in [-0.1, -0.05) is 42.5 Å². The van der Waals surface area contributed by atoms with E-state index in [1.807, 2.05) is 0 Å². The van der Waals surface area contributed by atoms with E-state index in [-0.39, 0.29) is 56.9 Å². The zero-order valence-corrected chi connectivity index (χ0v) is 20.6. The molecule has 1 aliphatic carbocycles. The minimum atomic E-state index is -1.24. The summed E-state index contributed by atoms with van der Waals surface area (Å²) in [6, 6.07) is 18.2. The molecule has 2 fully saturated rings. The minimum absolute atomic E-state index is 0. The number of nitrogens with zero attached hydrogens (tertiary/aromatic N) is 2. The number of nitriles is 1. The van der Waals surface area contributed by atoms with Crippen molar-refractivity contribution >= 4 is 5.97 Å². The minimum Gasteiger partial charge on any atom is -0.545 e. The molecular weight excluding hydrogens is 401 g/mol. The summed E-state index contributed by atoms with van der Waals surface area (Å²) in [6.07, 6.45) is 3.53. The van der Waals surface area contributed by atoms with Crippen LogP contribution in [0, 0.1) is 17.2 Å². The molecule has 150 valence electrons. The first-order valence-electron chi connectivity index (χ1n) is 10.4. The molecule has 1 N–H and O–H groups in total. The van der Waals surface area contributed by atoms with Gasteiger partial charge in [0.2, 0.25) is 0 Å². The molecule has 0 spiro atoms. The molecule has 0 aromatic heterocycles. The molecule has 1 saturated heterocycles. The number of piperidine rings is 1. The zero-order chi connectivity index (χ0) is 20.2. The van der Waals surface area contributed by atoms with Crippen LogP contribution < -0.4 is 61.8 Å². The molecule has 0 unspecified atom stereocenters. The summed E-state index contributed by atoms with van der Waals surface area (Å²) in [7, 11) is 0. The van der Waals surface area contributed by atoms with Gasteiger partial charge in [0.05, 0.1) is 17.6 Å². The Kier molecular flexibility index (Phi) is 8.67. The number of carboxylic acid groups (broad SMARTS) is 1. The van der Waals surface area contributed by atoms with Crippen LogP contribution in [0.3, 0.4) is 0 Å². The first-order valence-corrected chi connectivity index (χ1v) is 10.4. The largest absolute Gasteiger partial charge is 1.00 e. The Morgan fingerprint density at radius 1 is 1.17 bits per heavy atom. The number of carbonyl (C=O) groups excluding carboxylic acids is 1. The van der Waals surface area contributed by atoms with Gasteiger partial charge in [0, 0.05) is 18.5 Å². The molecule has 0 radical (unpaired) electrons. The smallest absolute Gasteiger partial charge is 0.545 e. The van der Waals surface area contributed by atoms with Crippen LogP contribution in [0.25, 0.3) is 0 Å². The standard InChI is InChI=1S/C24H27N3O2.K/c25-14-21-12-19(24(28)29)6-7-20(21)16-27-10-8-17(9-11-27)15-26-23-13-22(23)18-4-2-1-3-5-18;/h1-7,12,17,22-23,26H,8-11,13,15-16H2,(H,28,29);/q;+1/p-1/t22-,23+;/m0./s1. The third-order valence-corrected chi connectivity index (χ3v) is 6.25. The first kappa shape index (κ1) is 23.6. The van der Waals surface area contributed by atoms with Gasteiger partial charge < -0.3 is 15.2 Å². The molecule has 1 saturated carbocycles. The molecule has 1 heterocycles. The Hall–Kier alpha value is -1.04. The quantitative estimate of drug-likeness (QED) is 0.591. The zero-order valence-electron chi connectivity index (χ0n) is 17.5. The van der Waals surface area contributed by atoms with Gasteiger partial charge in [-0.2, -0.15) is 5.26 Å². The normalized spacial score (nSPS) is 21.4. The third kappa shape index (κ3) is 6.01. The number of carboxylic acids is 1. The molecule has 4 rings (SSSR count). The van der Waals surface area contributed by atoms with Gasteiger partial charge in [-0.3, -0.25) is 4.90 Å². The van der Waals surface area contributed by atoms with Crippen molar-refractivity contribution in [1.29, 1.82) is 5.26 Å². The van der Waals surface area contributed by atoms with E-state index in [1.165, 1.54) is 24.1 Å². The van der Waals surface area contributed by atoms with Crippen LogP contribution >= 0.6 is 0 Å². The van der Waals surface area contributed by atoms with E-state index in [9.17, 15) is 15.2 Å². The Labute approximate surface area is 220 Å². The van der Waals surface area contributed by atoms with Crippen molar-refractivity contribution in [3.8, 4) is 6.07 Å². The summed E-state index contributed by atoms with van der Waals surface area (Å²) in [6.45, 7) is 3.78. The van der Waals surface area contributed by atoms with Gasteiger partial charge in [0.1, 0.15) is 0 Å². The van der Waals surface area contributed by atoms with E-state index >= 15 is 0 Å². The van der Waals surface area contributed by atoms with E-state index in [4.69, 9.17) is 0 Å². The maximum atomic E-state index is 11.0. The van der Waals surface area contributed by atoms with Crippen molar-refractivity contribution in [2.75, 3.05) is 19.6 Å². The molecule has 2 atom stereocenters. The summed E-state index contributed by atoms with van der Waals surface area (Å²) in [5.41, 5.74) is 2.82. The Balaban J connectivity index is 0.00000256. The van der Waals surface area contributed by atoms with Crippen LogP contribution in [-0.4, -0.2) is 36.5 Å². The van der Waals surface area contributed by atoms with E-state index in [0.29, 0.717) is 30.0 Å². The van der Waals surface area contributed by atoms with Crippen LogP contribution in [0.2, 0.25) is 0 Å². The van der Waals surface area contributed by atoms with Crippen LogP contribution in [0.5, 0.6) is 0 Å². The molecule has 30 heavy (non-hydrogen) atoms. The van der Waals surface area contributed by atoms with E-state index < -0.39 is 5.97 Å². The van der Waals surface area contributed by atoms with Crippen LogP contribution in [0.15, 0.2) is 48.5 Å². The average molecular weight is 428 g/mol. The Morgan fingerprint density at radius 2 is 1.90 bits per heavy atom. The number of rotatable bonds is 7. The third-order valence-electron chi connectivity index (χ3n) is 6.25. The first-order chi connectivity index (χ1) is 14.1. The van der Waals surface area contributed by atoms with Crippen LogP contribution in [0.4, 0.5) is 0 Å². The summed E-state index contributed by atoms with van der Waals surface area (Å²) >= 11 is 0. The summed E-state index contributed by atoms with van der Waals surface area (Å²) in [4.78, 5) is 13.3. The monoisotopic (exact) mass is 427 g/mol. The van der Waals surface area contributed by atoms with Gasteiger partial charge >= 0.3 is 51.4 Å². The van der Waals surface area contributed by atoms with Crippen LogP contribution in [0.1, 0.15) is 52.2 Å². The van der Waals surface area contributed by atoms with E-state index in [1.54, 1.807) is 6.07 Å². The van der Waals surface area contributed by atoms with E-state index in [0.717, 1.165) is 38.0 Å². The number of hydrogen-bond donors (Lipinski definition) is 1. The maximum Gasteiger partial charge on any atom is 1.00 e. The Bertz CT molecular complexity index is 904. The summed E-state index contributed by atoms with van der Waals surface area (Å²) in [5.74, 6) is 0.121. The fourth-order valence-electron chi connectivity index (χ4n) is 4.34. The number of nitrogens with one attached hydrogen (secondary N) is 1. The number of hydrogen-bond acceptors (Lipinski definition) is 5. The fraction of sp³-hybridized carbons (Fsp3) is 0.417. The molecule has 2 aromatic carbocycles. The van der Waals surface area contributed by atoms with Crippen molar-refractivity contribution in [3.63, 3.8) is 0 Å². The average Bonchev–Trinajstić information content (AvgIpc) is 3.54. The second-order valence-electron chi connectivity index (χ2n) is 8.26. The number of benzene rings is 2. The van der Waals surface area contributed by atoms with Gasteiger partial charge in [-0.25, -0.2) is 0 Å². The van der Waals surface area contributed by atoms with Crippen LogP contribution in [-0.2, 0) is 6.54 Å². The summed E-state index contributed by atoms with van der Waals surface area (Å²) in [5, 5.41) is 24.1. The molecule has 2 aliphatic rings. The molecule has 5 nitrogen and oxygen atoms in total. The van der Waals surface area contributed by atoms with Gasteiger partial charge in [-0.15, -0.1) is 0 Å². The van der Waals surface area contributed by atoms with Crippen molar-refractivity contribution in [2.45, 2.75) is 37.8 Å². The van der Waals surface area contributed by atoms with Gasteiger partial charge in [0.25, 0.3) is 0 Å². The van der Waals surface area contributed by atoms with Crippen molar-refractivity contribution in [3.05, 3.63) is 70.8 Å². The number of likely N-dealkylation sites (tertiary alicyclic amines) is 1. The van der Waals surface area contributed by atoms with Gasteiger partial charge in [0.15, 0.2) is 0 Å². The van der Waals surface area contributed by atoms with Gasteiger partial charge in [-0.05, 0) is 67.6 Å². The molecule has 0 bridgehead atoms. The number of carbonyl (C=O) groups is 1. The molecule has 0 amide bonds. The topological polar surface area (TPSA) is 79.2 Å². The molecule has 2 aromatic rings. The molecule has 1 aliphatic heterocycles. The summed E-state index contributed by atoms with van der Waals surface area (Å²) < 4.78 is 0. The van der Waals surface area contributed by atoms with Crippen molar-refractivity contribution in [1.82, 2.24) is 10.2 Å². The SMILES string of the molecule is N#Cc1cc(C(=O)[O-])ccc1CN1CCC(CN[C@@H]2C[C@H]2c2ccccc2)CC1.[K+]. The van der Waals surface area contributed by atoms with Crippen molar-refractivity contribution < 1.29 is 61.3 Å². The van der Waals surface area contributed by atoms with Crippen molar-refractivity contribution in [2.24, 2.45) is 5.92 Å². The maximum absolute atomic E-state index is 11.0. The van der Waals surface area contributed by atoms with E-state index in [2.05, 4.69) is 46.6 Å². The predicted octanol–water partition coefficient (Wildman–Crippen LogP) is -0.717. The second kappa shape index (κ2) is 11.0. The predicted molar refractivity (Wildman–Crippen MR) is 109 cm³/mol. The molecular formula is C24H26KN3O2. The second-order valence-corrected chi connectivity index (χ2v) is 8.26.